The maximum atomic E-state index is 6.70. The monoisotopic (exact) mass is 238 g/mol. The molecule has 3 aliphatic rings. The largest absolute Gasteiger partial charge is 0.377 e. The van der Waals surface area contributed by atoms with Crippen LogP contribution in [-0.2, 0) is 4.74 Å². The van der Waals surface area contributed by atoms with Crippen molar-refractivity contribution >= 4 is 0 Å². The molecule has 3 N–H and O–H groups in total. The van der Waals surface area contributed by atoms with Crippen LogP contribution in [-0.4, -0.2) is 31.3 Å². The second-order valence-corrected chi connectivity index (χ2v) is 6.88. The van der Waals surface area contributed by atoms with Crippen molar-refractivity contribution in [2.75, 3.05) is 19.7 Å². The van der Waals surface area contributed by atoms with Gasteiger partial charge in [0.05, 0.1) is 6.10 Å². The SMILES string of the molecule is CC1(C)C2OCCCC2C1(N)CNCC1CC1. The molecule has 0 amide bonds. The molecule has 3 nitrogen and oxygen atoms in total. The summed E-state index contributed by atoms with van der Waals surface area (Å²) < 4.78 is 5.92. The van der Waals surface area contributed by atoms with E-state index in [9.17, 15) is 0 Å². The Kier molecular flexibility index (Phi) is 2.77. The van der Waals surface area contributed by atoms with E-state index in [-0.39, 0.29) is 11.0 Å². The third-order valence-corrected chi connectivity index (χ3v) is 5.44. The Morgan fingerprint density at radius 3 is 2.76 bits per heavy atom. The number of nitrogens with two attached hydrogens (primary N) is 1. The Morgan fingerprint density at radius 2 is 2.06 bits per heavy atom. The fourth-order valence-electron chi connectivity index (χ4n) is 3.83. The van der Waals surface area contributed by atoms with Crippen LogP contribution in [0, 0.1) is 17.3 Å². The zero-order valence-corrected chi connectivity index (χ0v) is 11.2. The van der Waals surface area contributed by atoms with Crippen molar-refractivity contribution in [1.82, 2.24) is 5.32 Å². The normalized spacial score (nSPS) is 43.9. The van der Waals surface area contributed by atoms with E-state index in [0.717, 1.165) is 25.6 Å². The third-order valence-electron chi connectivity index (χ3n) is 5.44. The summed E-state index contributed by atoms with van der Waals surface area (Å²) in [6.07, 6.45) is 5.63. The molecule has 0 aromatic rings. The van der Waals surface area contributed by atoms with Gasteiger partial charge in [0.15, 0.2) is 0 Å². The molecule has 0 aromatic heterocycles. The fraction of sp³-hybridized carbons (Fsp3) is 1.00. The van der Waals surface area contributed by atoms with Gasteiger partial charge in [-0.15, -0.1) is 0 Å². The lowest BCUT2D eigenvalue weighted by Crippen LogP contribution is -2.80. The summed E-state index contributed by atoms with van der Waals surface area (Å²) in [5.74, 6) is 1.50. The summed E-state index contributed by atoms with van der Waals surface area (Å²) in [5, 5.41) is 3.60. The van der Waals surface area contributed by atoms with Crippen LogP contribution in [0.25, 0.3) is 0 Å². The van der Waals surface area contributed by atoms with Gasteiger partial charge in [-0.25, -0.2) is 0 Å². The van der Waals surface area contributed by atoms with Gasteiger partial charge in [-0.05, 0) is 38.1 Å². The number of rotatable bonds is 4. The zero-order valence-electron chi connectivity index (χ0n) is 11.2. The minimum atomic E-state index is -0.0625. The van der Waals surface area contributed by atoms with Crippen LogP contribution in [0.4, 0.5) is 0 Å². The van der Waals surface area contributed by atoms with Crippen molar-refractivity contribution in [3.8, 4) is 0 Å². The average Bonchev–Trinajstić information content (AvgIpc) is 3.13. The van der Waals surface area contributed by atoms with Gasteiger partial charge in [-0.2, -0.15) is 0 Å². The molecule has 0 radical (unpaired) electrons. The van der Waals surface area contributed by atoms with Gasteiger partial charge >= 0.3 is 0 Å². The standard InChI is InChI=1S/C14H26N2O/c1-13(2)12-11(4-3-7-17-12)14(13,15)9-16-8-10-5-6-10/h10-12,16H,3-9,15H2,1-2H3. The minimum Gasteiger partial charge on any atom is -0.377 e. The highest BCUT2D eigenvalue weighted by Gasteiger charge is 2.66. The molecule has 3 fully saturated rings. The topological polar surface area (TPSA) is 47.3 Å². The predicted octanol–water partition coefficient (Wildman–Crippen LogP) is 1.52. The fourth-order valence-corrected chi connectivity index (χ4v) is 3.83. The van der Waals surface area contributed by atoms with Crippen LogP contribution >= 0.6 is 0 Å². The molecule has 3 atom stereocenters. The van der Waals surface area contributed by atoms with Crippen molar-refractivity contribution in [3.05, 3.63) is 0 Å². The maximum Gasteiger partial charge on any atom is 0.0690 e. The molecule has 17 heavy (non-hydrogen) atoms. The first-order valence-corrected chi connectivity index (χ1v) is 7.17. The molecule has 0 spiro atoms. The van der Waals surface area contributed by atoms with Crippen LogP contribution in [0.2, 0.25) is 0 Å². The van der Waals surface area contributed by atoms with E-state index >= 15 is 0 Å². The minimum absolute atomic E-state index is 0.0625. The molecule has 1 aliphatic heterocycles. The molecule has 1 saturated heterocycles. The van der Waals surface area contributed by atoms with E-state index in [1.165, 1.54) is 25.7 Å². The summed E-state index contributed by atoms with van der Waals surface area (Å²) in [7, 11) is 0. The van der Waals surface area contributed by atoms with Crippen molar-refractivity contribution in [2.24, 2.45) is 23.0 Å². The number of nitrogens with one attached hydrogen (secondary N) is 1. The van der Waals surface area contributed by atoms with Crippen LogP contribution < -0.4 is 11.1 Å². The smallest absolute Gasteiger partial charge is 0.0690 e. The molecule has 3 unspecified atom stereocenters. The Hall–Kier alpha value is -0.120. The predicted molar refractivity (Wildman–Crippen MR) is 68.8 cm³/mol. The molecule has 98 valence electrons. The highest BCUT2D eigenvalue weighted by Crippen LogP contribution is 2.57. The Bertz CT molecular complexity index is 301. The van der Waals surface area contributed by atoms with Crippen LogP contribution in [0.15, 0.2) is 0 Å². The summed E-state index contributed by atoms with van der Waals surface area (Å²) in [5.41, 5.74) is 6.76. The number of ether oxygens (including phenoxy) is 1. The van der Waals surface area contributed by atoms with Crippen molar-refractivity contribution < 1.29 is 4.74 Å². The zero-order chi connectivity index (χ0) is 12.1. The molecule has 0 bridgehead atoms. The van der Waals surface area contributed by atoms with E-state index in [1.54, 1.807) is 0 Å². The summed E-state index contributed by atoms with van der Waals surface area (Å²) >= 11 is 0. The average molecular weight is 238 g/mol. The van der Waals surface area contributed by atoms with E-state index in [2.05, 4.69) is 19.2 Å². The molecular formula is C14H26N2O. The second kappa shape index (κ2) is 3.94. The van der Waals surface area contributed by atoms with Crippen molar-refractivity contribution in [2.45, 2.75) is 51.2 Å². The Labute approximate surface area is 104 Å². The summed E-state index contributed by atoms with van der Waals surface area (Å²) in [6.45, 7) is 7.60. The maximum absolute atomic E-state index is 6.70. The van der Waals surface area contributed by atoms with Crippen LogP contribution in [0.5, 0.6) is 0 Å². The molecule has 2 saturated carbocycles. The molecule has 3 heteroatoms. The second-order valence-electron chi connectivity index (χ2n) is 6.88. The van der Waals surface area contributed by atoms with E-state index in [1.807, 2.05) is 0 Å². The third kappa shape index (κ3) is 1.74. The first-order chi connectivity index (χ1) is 8.06. The number of fused-ring (bicyclic) bond motifs is 1. The van der Waals surface area contributed by atoms with Crippen LogP contribution in [0.3, 0.4) is 0 Å². The first-order valence-electron chi connectivity index (χ1n) is 7.17. The van der Waals surface area contributed by atoms with Crippen molar-refractivity contribution in [3.63, 3.8) is 0 Å². The van der Waals surface area contributed by atoms with Gasteiger partial charge in [-0.1, -0.05) is 13.8 Å². The Morgan fingerprint density at radius 1 is 1.29 bits per heavy atom. The van der Waals surface area contributed by atoms with E-state index in [4.69, 9.17) is 10.5 Å². The quantitative estimate of drug-likeness (QED) is 0.780. The molecule has 1 heterocycles. The molecule has 2 aliphatic carbocycles. The van der Waals surface area contributed by atoms with Gasteiger partial charge in [0.25, 0.3) is 0 Å². The van der Waals surface area contributed by atoms with Crippen LogP contribution in [0.1, 0.15) is 39.5 Å². The summed E-state index contributed by atoms with van der Waals surface area (Å²) in [4.78, 5) is 0. The lowest BCUT2D eigenvalue weighted by Gasteiger charge is -2.66. The summed E-state index contributed by atoms with van der Waals surface area (Å²) in [6, 6.07) is 0. The van der Waals surface area contributed by atoms with E-state index < -0.39 is 0 Å². The Balaban J connectivity index is 1.62. The van der Waals surface area contributed by atoms with E-state index in [0.29, 0.717) is 12.0 Å². The number of hydrogen-bond donors (Lipinski definition) is 2. The lowest BCUT2D eigenvalue weighted by atomic mass is 9.46. The molecular weight excluding hydrogens is 212 g/mol. The van der Waals surface area contributed by atoms with Gasteiger partial charge in [0.2, 0.25) is 0 Å². The van der Waals surface area contributed by atoms with Gasteiger partial charge in [-0.3, -0.25) is 0 Å². The molecule has 3 rings (SSSR count). The lowest BCUT2D eigenvalue weighted by molar-refractivity contribution is -0.225. The first kappa shape index (κ1) is 11.9. The van der Waals surface area contributed by atoms with Crippen molar-refractivity contribution in [1.29, 1.82) is 0 Å². The molecule has 0 aromatic carbocycles. The highest BCUT2D eigenvalue weighted by atomic mass is 16.5. The van der Waals surface area contributed by atoms with Gasteiger partial charge in [0, 0.05) is 30.0 Å². The van der Waals surface area contributed by atoms with Gasteiger partial charge in [0.1, 0.15) is 0 Å². The highest BCUT2D eigenvalue weighted by molar-refractivity contribution is 5.20. The van der Waals surface area contributed by atoms with Gasteiger partial charge < -0.3 is 15.8 Å². The number of hydrogen-bond acceptors (Lipinski definition) is 3.